The number of unbranched alkanes of at least 4 members (excludes halogenated alkanes) is 3. The summed E-state index contributed by atoms with van der Waals surface area (Å²) in [6.07, 6.45) is 12.2. The molecule has 0 saturated carbocycles. The van der Waals surface area contributed by atoms with Gasteiger partial charge in [0.15, 0.2) is 0 Å². The molecule has 0 atom stereocenters. The standard InChI is InChI=1S/C9H6NS.3C4H9.Sn/c1-2-9(11-7-1)8-3-5-10-6-4-8;3*1-3-4-2;/h1-6H;3*1,3-4H2,2H3;. The number of thiophene rings is 1. The Kier molecular flexibility index (Phi) is 8.82. The maximum atomic E-state index is 4.17. The van der Waals surface area contributed by atoms with Gasteiger partial charge >= 0.3 is 157 Å². The number of pyridine rings is 1. The predicted molar refractivity (Wildman–Crippen MR) is 112 cm³/mol. The molecule has 132 valence electrons. The summed E-state index contributed by atoms with van der Waals surface area (Å²) in [5.41, 5.74) is 1.34. The van der Waals surface area contributed by atoms with Gasteiger partial charge in [-0.1, -0.05) is 0 Å². The monoisotopic (exact) mass is 451 g/mol. The van der Waals surface area contributed by atoms with E-state index in [1.807, 2.05) is 15.3 Å². The van der Waals surface area contributed by atoms with Crippen molar-refractivity contribution in [3.8, 4) is 10.4 Å². The van der Waals surface area contributed by atoms with E-state index in [2.05, 4.69) is 61.4 Å². The number of hydrogen-bond donors (Lipinski definition) is 0. The molecule has 0 unspecified atom stereocenters. The van der Waals surface area contributed by atoms with Crippen LogP contribution in [-0.4, -0.2) is 23.4 Å². The van der Waals surface area contributed by atoms with Crippen LogP contribution in [0.5, 0.6) is 0 Å². The Morgan fingerprint density at radius 3 is 1.83 bits per heavy atom. The number of hydrogen-bond acceptors (Lipinski definition) is 2. The first-order chi connectivity index (χ1) is 11.8. The van der Waals surface area contributed by atoms with Gasteiger partial charge in [0.25, 0.3) is 0 Å². The van der Waals surface area contributed by atoms with Crippen LogP contribution in [0.2, 0.25) is 13.3 Å². The van der Waals surface area contributed by atoms with Crippen molar-refractivity contribution in [2.24, 2.45) is 0 Å². The molecule has 0 amide bonds. The average molecular weight is 450 g/mol. The molecule has 0 bridgehead atoms. The molecule has 0 aliphatic heterocycles. The maximum absolute atomic E-state index is 4.17. The second-order valence-electron chi connectivity index (χ2n) is 6.99. The van der Waals surface area contributed by atoms with Crippen LogP contribution < -0.4 is 2.89 Å². The van der Waals surface area contributed by atoms with Gasteiger partial charge in [0.1, 0.15) is 0 Å². The van der Waals surface area contributed by atoms with Gasteiger partial charge in [0.2, 0.25) is 0 Å². The molecule has 24 heavy (non-hydrogen) atoms. The fourth-order valence-corrected chi connectivity index (χ4v) is 23.7. The van der Waals surface area contributed by atoms with E-state index in [9.17, 15) is 0 Å². The zero-order valence-electron chi connectivity index (χ0n) is 15.7. The second kappa shape index (κ2) is 10.6. The van der Waals surface area contributed by atoms with Crippen LogP contribution in [0.4, 0.5) is 0 Å². The van der Waals surface area contributed by atoms with E-state index in [4.69, 9.17) is 0 Å². The van der Waals surface area contributed by atoms with Gasteiger partial charge in [0.05, 0.1) is 0 Å². The van der Waals surface area contributed by atoms with Crippen LogP contribution in [0.1, 0.15) is 59.3 Å². The van der Waals surface area contributed by atoms with Crippen LogP contribution in [0.25, 0.3) is 10.4 Å². The molecule has 2 aromatic rings. The Morgan fingerprint density at radius 2 is 1.33 bits per heavy atom. The van der Waals surface area contributed by atoms with Crippen molar-refractivity contribution in [3.05, 3.63) is 36.7 Å². The summed E-state index contributed by atoms with van der Waals surface area (Å²) < 4.78 is 6.50. The Bertz CT molecular complexity index is 557. The molecule has 2 heterocycles. The van der Waals surface area contributed by atoms with Gasteiger partial charge in [-0.2, -0.15) is 0 Å². The van der Waals surface area contributed by atoms with Gasteiger partial charge in [-0.05, 0) is 0 Å². The Morgan fingerprint density at radius 1 is 0.792 bits per heavy atom. The summed E-state index contributed by atoms with van der Waals surface area (Å²) in [5.74, 6) is 0. The SMILES string of the molecule is CCC[CH2][Sn]([CH2]CCC)([CH2]CCC)[c]1ccc(-c2ccncc2)s1. The van der Waals surface area contributed by atoms with Crippen molar-refractivity contribution in [1.82, 2.24) is 4.98 Å². The summed E-state index contributed by atoms with van der Waals surface area (Å²) >= 11 is -0.127. The van der Waals surface area contributed by atoms with Crippen molar-refractivity contribution < 1.29 is 0 Å². The topological polar surface area (TPSA) is 12.9 Å². The molecule has 0 radical (unpaired) electrons. The number of rotatable bonds is 11. The van der Waals surface area contributed by atoms with Gasteiger partial charge in [-0.25, -0.2) is 0 Å². The Balaban J connectivity index is 2.31. The van der Waals surface area contributed by atoms with Crippen LogP contribution >= 0.6 is 11.3 Å². The zero-order valence-corrected chi connectivity index (χ0v) is 19.4. The minimum absolute atomic E-state index is 1.34. The van der Waals surface area contributed by atoms with E-state index in [-0.39, 0.29) is 0 Å². The summed E-state index contributed by atoms with van der Waals surface area (Å²) in [6.45, 7) is 7.06. The summed E-state index contributed by atoms with van der Waals surface area (Å²) in [5, 5.41) is 0. The molecule has 0 saturated heterocycles. The molecule has 2 aromatic heterocycles. The first kappa shape index (κ1) is 20.0. The number of nitrogens with zero attached hydrogens (tertiary/aromatic N) is 1. The first-order valence-electron chi connectivity index (χ1n) is 9.76. The van der Waals surface area contributed by atoms with E-state index >= 15 is 0 Å². The second-order valence-corrected chi connectivity index (χ2v) is 22.2. The van der Waals surface area contributed by atoms with Crippen molar-refractivity contribution >= 4 is 32.6 Å². The van der Waals surface area contributed by atoms with Crippen molar-refractivity contribution in [3.63, 3.8) is 0 Å². The third kappa shape index (κ3) is 5.32. The van der Waals surface area contributed by atoms with Crippen LogP contribution in [0.3, 0.4) is 0 Å². The molecule has 2 rings (SSSR count). The molecule has 0 fully saturated rings. The Hall–Kier alpha value is -0.351. The third-order valence-electron chi connectivity index (χ3n) is 5.12. The molecule has 3 heteroatoms. The van der Waals surface area contributed by atoms with Gasteiger partial charge < -0.3 is 0 Å². The summed E-state index contributed by atoms with van der Waals surface area (Å²) in [6, 6.07) is 9.19. The average Bonchev–Trinajstić information content (AvgIpc) is 3.13. The summed E-state index contributed by atoms with van der Waals surface area (Å²) in [4.78, 5) is 5.61. The van der Waals surface area contributed by atoms with Gasteiger partial charge in [-0.3, -0.25) is 0 Å². The van der Waals surface area contributed by atoms with Crippen LogP contribution in [0.15, 0.2) is 36.7 Å². The predicted octanol–water partition coefficient (Wildman–Crippen LogP) is 6.87. The quantitative estimate of drug-likeness (QED) is 0.341. The minimum atomic E-state index is -2.24. The molecular weight excluding hydrogens is 417 g/mol. The van der Waals surface area contributed by atoms with E-state index in [0.29, 0.717) is 0 Å². The van der Waals surface area contributed by atoms with E-state index < -0.39 is 18.4 Å². The summed E-state index contributed by atoms with van der Waals surface area (Å²) in [7, 11) is 0. The molecule has 0 aliphatic carbocycles. The van der Waals surface area contributed by atoms with E-state index in [1.54, 1.807) is 13.3 Å². The molecule has 0 spiro atoms. The van der Waals surface area contributed by atoms with Crippen molar-refractivity contribution in [2.45, 2.75) is 72.6 Å². The normalized spacial score (nSPS) is 11.8. The Labute approximate surface area is 156 Å². The number of aromatic nitrogens is 1. The molecular formula is C21H33NSSn. The fourth-order valence-electron chi connectivity index (χ4n) is 3.58. The molecule has 0 aromatic carbocycles. The van der Waals surface area contributed by atoms with Gasteiger partial charge in [0, 0.05) is 0 Å². The van der Waals surface area contributed by atoms with Crippen LogP contribution in [-0.2, 0) is 0 Å². The fraction of sp³-hybridized carbons (Fsp3) is 0.571. The first-order valence-corrected chi connectivity index (χ1v) is 18.1. The van der Waals surface area contributed by atoms with E-state index in [1.165, 1.54) is 49.0 Å². The molecule has 0 N–H and O–H groups in total. The van der Waals surface area contributed by atoms with Crippen molar-refractivity contribution in [1.29, 1.82) is 0 Å². The van der Waals surface area contributed by atoms with E-state index in [0.717, 1.165) is 0 Å². The zero-order chi connectivity index (χ0) is 17.3. The van der Waals surface area contributed by atoms with Crippen molar-refractivity contribution in [2.75, 3.05) is 0 Å². The molecule has 0 aliphatic rings. The van der Waals surface area contributed by atoms with Gasteiger partial charge in [-0.15, -0.1) is 0 Å². The third-order valence-corrected chi connectivity index (χ3v) is 24.5. The molecule has 1 nitrogen and oxygen atoms in total. The van der Waals surface area contributed by atoms with Crippen LogP contribution in [0, 0.1) is 0 Å².